The molecule has 0 aliphatic heterocycles. The van der Waals surface area contributed by atoms with Gasteiger partial charge in [-0.05, 0) is 24.6 Å². The molecule has 100 valence electrons. The third-order valence-corrected chi connectivity index (χ3v) is 3.01. The number of hydrogen-bond donors (Lipinski definition) is 0. The van der Waals surface area contributed by atoms with Crippen molar-refractivity contribution in [3.63, 3.8) is 0 Å². The summed E-state index contributed by atoms with van der Waals surface area (Å²) in [6.45, 7) is 5.63. The monoisotopic (exact) mass is 262 g/mol. The van der Waals surface area contributed by atoms with Gasteiger partial charge in [0.25, 0.3) is 0 Å². The zero-order valence-electron chi connectivity index (χ0n) is 10.9. The van der Waals surface area contributed by atoms with Gasteiger partial charge in [0.15, 0.2) is 0 Å². The van der Waals surface area contributed by atoms with Crippen LogP contribution in [0.25, 0.3) is 0 Å². The van der Waals surface area contributed by atoms with Gasteiger partial charge in [0.1, 0.15) is 0 Å². The van der Waals surface area contributed by atoms with Crippen molar-refractivity contribution >= 4 is 23.0 Å². The zero-order chi connectivity index (χ0) is 13.1. The Balaban J connectivity index is 3.78. The molecule has 0 radical (unpaired) electrons. The first kappa shape index (κ1) is 16.3. The maximum atomic E-state index is 11.6. The number of carbonyl (C=O) groups excluding carboxylic acids is 2. The number of ether oxygens (including phenoxy) is 2. The number of thioether (sulfide) groups is 1. The van der Waals surface area contributed by atoms with Gasteiger partial charge in [-0.25, -0.2) is 4.79 Å². The van der Waals surface area contributed by atoms with E-state index < -0.39 is 5.30 Å². The fourth-order valence-electron chi connectivity index (χ4n) is 1.35. The molecule has 0 saturated carbocycles. The van der Waals surface area contributed by atoms with Crippen molar-refractivity contribution in [2.75, 3.05) is 12.5 Å². The number of rotatable bonds is 8. The fourth-order valence-corrected chi connectivity index (χ4v) is 1.72. The molecule has 0 aromatic rings. The molecule has 0 aliphatic rings. The summed E-state index contributed by atoms with van der Waals surface area (Å²) in [7, 11) is 0. The Labute approximate surface area is 107 Å². The molecule has 0 aromatic carbocycles. The molecule has 0 spiro atoms. The third-order valence-electron chi connectivity index (χ3n) is 2.37. The summed E-state index contributed by atoms with van der Waals surface area (Å²) in [5.74, 6) is 0.309. The van der Waals surface area contributed by atoms with Gasteiger partial charge >= 0.3 is 11.3 Å². The molecule has 17 heavy (non-hydrogen) atoms. The lowest BCUT2D eigenvalue weighted by Crippen LogP contribution is -2.19. The van der Waals surface area contributed by atoms with Crippen molar-refractivity contribution < 1.29 is 19.1 Å². The highest BCUT2D eigenvalue weighted by Gasteiger charge is 2.17. The summed E-state index contributed by atoms with van der Waals surface area (Å²) in [5.41, 5.74) is 0. The summed E-state index contributed by atoms with van der Waals surface area (Å²) >= 11 is 1.06. The molecule has 0 bridgehead atoms. The standard InChI is InChI=1S/C12H22O4S/c1-4-7-8-10(5-2)11(13)15-9-16-12(14)17-6-3/h10H,4-9H2,1-3H3. The summed E-state index contributed by atoms with van der Waals surface area (Å²) in [4.78, 5) is 22.6. The molecule has 5 heteroatoms. The minimum absolute atomic E-state index is 0.0764. The van der Waals surface area contributed by atoms with Gasteiger partial charge in [-0.2, -0.15) is 0 Å². The Bertz CT molecular complexity index is 231. The maximum Gasteiger partial charge on any atom is 0.370 e. The van der Waals surface area contributed by atoms with E-state index in [-0.39, 0.29) is 18.7 Å². The van der Waals surface area contributed by atoms with Gasteiger partial charge in [-0.1, -0.05) is 33.6 Å². The molecular formula is C12H22O4S. The summed E-state index contributed by atoms with van der Waals surface area (Å²) < 4.78 is 9.65. The summed E-state index contributed by atoms with van der Waals surface area (Å²) in [6.07, 6.45) is 3.67. The second-order valence-electron chi connectivity index (χ2n) is 3.66. The van der Waals surface area contributed by atoms with Crippen LogP contribution in [0.4, 0.5) is 4.79 Å². The van der Waals surface area contributed by atoms with Gasteiger partial charge < -0.3 is 9.47 Å². The fraction of sp³-hybridized carbons (Fsp3) is 0.833. The average Bonchev–Trinajstić information content (AvgIpc) is 2.30. The van der Waals surface area contributed by atoms with Crippen LogP contribution in [0, 0.1) is 5.92 Å². The van der Waals surface area contributed by atoms with Gasteiger partial charge in [0.2, 0.25) is 6.79 Å². The van der Waals surface area contributed by atoms with E-state index in [9.17, 15) is 9.59 Å². The predicted molar refractivity (Wildman–Crippen MR) is 68.9 cm³/mol. The van der Waals surface area contributed by atoms with E-state index >= 15 is 0 Å². The first-order chi connectivity index (χ1) is 8.15. The first-order valence-corrected chi connectivity index (χ1v) is 7.10. The molecule has 0 aromatic heterocycles. The maximum absolute atomic E-state index is 11.6. The van der Waals surface area contributed by atoms with E-state index in [0.29, 0.717) is 5.75 Å². The molecule has 0 fully saturated rings. The molecule has 1 unspecified atom stereocenters. The Hall–Kier alpha value is -0.710. The molecule has 4 nitrogen and oxygen atoms in total. The normalized spacial score (nSPS) is 11.9. The second kappa shape index (κ2) is 10.4. The van der Waals surface area contributed by atoms with Gasteiger partial charge in [-0.3, -0.25) is 4.79 Å². The minimum Gasteiger partial charge on any atom is -0.428 e. The van der Waals surface area contributed by atoms with Crippen LogP contribution in [-0.2, 0) is 14.3 Å². The number of unbranched alkanes of at least 4 members (excludes halogenated alkanes) is 1. The highest BCUT2D eigenvalue weighted by molar-refractivity contribution is 8.13. The van der Waals surface area contributed by atoms with Crippen LogP contribution in [0.15, 0.2) is 0 Å². The van der Waals surface area contributed by atoms with Crippen molar-refractivity contribution in [1.82, 2.24) is 0 Å². The van der Waals surface area contributed by atoms with Crippen molar-refractivity contribution in [3.8, 4) is 0 Å². The van der Waals surface area contributed by atoms with Crippen molar-refractivity contribution in [2.24, 2.45) is 5.92 Å². The number of hydrogen-bond acceptors (Lipinski definition) is 5. The van der Waals surface area contributed by atoms with Crippen molar-refractivity contribution in [2.45, 2.75) is 46.5 Å². The molecule has 0 aliphatic carbocycles. The van der Waals surface area contributed by atoms with Crippen LogP contribution in [0.1, 0.15) is 46.5 Å². The van der Waals surface area contributed by atoms with Gasteiger partial charge in [0, 0.05) is 5.75 Å². The largest absolute Gasteiger partial charge is 0.428 e. The lowest BCUT2D eigenvalue weighted by Gasteiger charge is -2.13. The topological polar surface area (TPSA) is 52.6 Å². The Morgan fingerprint density at radius 3 is 2.41 bits per heavy atom. The highest BCUT2D eigenvalue weighted by Crippen LogP contribution is 2.14. The highest BCUT2D eigenvalue weighted by atomic mass is 32.2. The van der Waals surface area contributed by atoms with E-state index in [1.165, 1.54) is 0 Å². The molecule has 1 atom stereocenters. The molecular weight excluding hydrogens is 240 g/mol. The Kier molecular flexibility index (Phi) is 10.0. The SMILES string of the molecule is CCCCC(CC)C(=O)OCOC(=O)SCC. The van der Waals surface area contributed by atoms with Crippen molar-refractivity contribution in [1.29, 1.82) is 0 Å². The van der Waals surface area contributed by atoms with Crippen LogP contribution < -0.4 is 0 Å². The lowest BCUT2D eigenvalue weighted by molar-refractivity contribution is -0.156. The van der Waals surface area contributed by atoms with E-state index in [0.717, 1.165) is 37.4 Å². The Morgan fingerprint density at radius 1 is 1.18 bits per heavy atom. The van der Waals surface area contributed by atoms with Crippen LogP contribution in [0.5, 0.6) is 0 Å². The predicted octanol–water partition coefficient (Wildman–Crippen LogP) is 3.59. The zero-order valence-corrected chi connectivity index (χ0v) is 11.7. The number of carbonyl (C=O) groups is 2. The molecule has 0 heterocycles. The average molecular weight is 262 g/mol. The molecule has 0 amide bonds. The second-order valence-corrected chi connectivity index (χ2v) is 4.86. The minimum atomic E-state index is -0.401. The number of esters is 1. The van der Waals surface area contributed by atoms with Gasteiger partial charge in [-0.15, -0.1) is 0 Å². The smallest absolute Gasteiger partial charge is 0.370 e. The molecule has 0 saturated heterocycles. The van der Waals surface area contributed by atoms with Crippen LogP contribution in [0.2, 0.25) is 0 Å². The van der Waals surface area contributed by atoms with E-state index in [4.69, 9.17) is 9.47 Å². The van der Waals surface area contributed by atoms with Crippen LogP contribution in [0.3, 0.4) is 0 Å². The lowest BCUT2D eigenvalue weighted by atomic mass is 10.00. The summed E-state index contributed by atoms with van der Waals surface area (Å²) in [6, 6.07) is 0. The van der Waals surface area contributed by atoms with E-state index in [1.54, 1.807) is 0 Å². The summed E-state index contributed by atoms with van der Waals surface area (Å²) in [5, 5.41) is -0.401. The van der Waals surface area contributed by atoms with Crippen LogP contribution >= 0.6 is 11.8 Å². The van der Waals surface area contributed by atoms with Crippen molar-refractivity contribution in [3.05, 3.63) is 0 Å². The molecule has 0 N–H and O–H groups in total. The third kappa shape index (κ3) is 8.07. The van der Waals surface area contributed by atoms with Gasteiger partial charge in [0.05, 0.1) is 5.92 Å². The molecule has 0 rings (SSSR count). The quantitative estimate of drug-likeness (QED) is 0.494. The Morgan fingerprint density at radius 2 is 1.88 bits per heavy atom. The van der Waals surface area contributed by atoms with E-state index in [1.807, 2.05) is 13.8 Å². The van der Waals surface area contributed by atoms with Crippen LogP contribution in [-0.4, -0.2) is 23.8 Å². The first-order valence-electron chi connectivity index (χ1n) is 6.11. The van der Waals surface area contributed by atoms with E-state index in [2.05, 4.69) is 6.92 Å².